The Balaban J connectivity index is 1.26. The molecule has 0 bridgehead atoms. The van der Waals surface area contributed by atoms with Crippen molar-refractivity contribution in [3.8, 4) is 11.4 Å². The van der Waals surface area contributed by atoms with Crippen LogP contribution in [0.5, 0.6) is 0 Å². The molecule has 0 saturated heterocycles. The van der Waals surface area contributed by atoms with Crippen molar-refractivity contribution in [2.45, 2.75) is 63.3 Å². The van der Waals surface area contributed by atoms with E-state index in [1.807, 2.05) is 56.6 Å². The van der Waals surface area contributed by atoms with E-state index < -0.39 is 11.5 Å². The molecule has 4 aromatic rings. The van der Waals surface area contributed by atoms with Crippen LogP contribution in [0.15, 0.2) is 66.9 Å². The molecule has 2 aromatic heterocycles. The lowest BCUT2D eigenvalue weighted by molar-refractivity contribution is -0.131. The van der Waals surface area contributed by atoms with Crippen LogP contribution in [-0.2, 0) is 16.6 Å². The Morgan fingerprint density at radius 2 is 1.81 bits per heavy atom. The van der Waals surface area contributed by atoms with E-state index in [1.165, 1.54) is 24.5 Å². The number of rotatable bonds is 8. The molecular weight excluding hydrogens is 540 g/mol. The molecule has 2 heterocycles. The second-order valence-corrected chi connectivity index (χ2v) is 11.8. The third-order valence-electron chi connectivity index (χ3n) is 9.08. The first kappa shape index (κ1) is 28.4. The normalized spacial score (nSPS) is 16.3. The maximum atomic E-state index is 13.7. The molecule has 2 fully saturated rings. The maximum absolute atomic E-state index is 13.7. The van der Waals surface area contributed by atoms with Crippen molar-refractivity contribution in [2.24, 2.45) is 7.05 Å². The summed E-state index contributed by atoms with van der Waals surface area (Å²) in [6.07, 6.45) is 11.1. The van der Waals surface area contributed by atoms with E-state index in [1.54, 1.807) is 12.1 Å². The standard InChI is InChI=1S/C35H36N4O4/c1-22-20-23(12-16-30(40)41)11-15-27(22)37-34(43)35(17-7-18-35)38-33(42)25-13-14-26-29(21-25)39(2)32(28-10-5-6-19-36-28)31(26)24-8-3-4-9-24/h5-6,10-16,19-21,24H,3-4,7-9,17-18H2,1-2H3,(H,37,43)(H,38,42)(H,40,41)/b16-12+. The van der Waals surface area contributed by atoms with Crippen LogP contribution >= 0.6 is 0 Å². The Bertz CT molecular complexity index is 1740. The Labute approximate surface area is 250 Å². The highest BCUT2D eigenvalue weighted by molar-refractivity contribution is 6.06. The third-order valence-corrected chi connectivity index (χ3v) is 9.08. The van der Waals surface area contributed by atoms with Gasteiger partial charge in [0.25, 0.3) is 5.91 Å². The molecule has 2 aliphatic carbocycles. The van der Waals surface area contributed by atoms with Gasteiger partial charge in [-0.05, 0) is 104 Å². The number of carbonyl (C=O) groups excluding carboxylic acids is 2. The predicted octanol–water partition coefficient (Wildman–Crippen LogP) is 6.60. The number of pyridine rings is 1. The summed E-state index contributed by atoms with van der Waals surface area (Å²) in [7, 11) is 2.04. The molecule has 0 aliphatic heterocycles. The lowest BCUT2D eigenvalue weighted by Gasteiger charge is -2.40. The Hall–Kier alpha value is -4.72. The number of benzene rings is 2. The molecule has 0 radical (unpaired) electrons. The first-order valence-electron chi connectivity index (χ1n) is 14.9. The van der Waals surface area contributed by atoms with Gasteiger partial charge in [0.2, 0.25) is 5.91 Å². The smallest absolute Gasteiger partial charge is 0.328 e. The van der Waals surface area contributed by atoms with Crippen molar-refractivity contribution in [1.82, 2.24) is 14.9 Å². The van der Waals surface area contributed by atoms with Crippen molar-refractivity contribution >= 4 is 40.4 Å². The van der Waals surface area contributed by atoms with Crippen molar-refractivity contribution in [3.05, 3.63) is 89.1 Å². The van der Waals surface area contributed by atoms with Crippen LogP contribution in [0.1, 0.15) is 77.9 Å². The first-order valence-corrected chi connectivity index (χ1v) is 14.9. The van der Waals surface area contributed by atoms with Crippen LogP contribution in [0.2, 0.25) is 0 Å². The third kappa shape index (κ3) is 5.45. The number of aliphatic carboxylic acids is 1. The highest BCUT2D eigenvalue weighted by Crippen LogP contribution is 2.44. The van der Waals surface area contributed by atoms with Gasteiger partial charge in [-0.3, -0.25) is 14.6 Å². The first-order chi connectivity index (χ1) is 20.8. The largest absolute Gasteiger partial charge is 0.478 e. The minimum Gasteiger partial charge on any atom is -0.478 e. The van der Waals surface area contributed by atoms with Gasteiger partial charge in [0.05, 0.1) is 11.4 Å². The van der Waals surface area contributed by atoms with Crippen LogP contribution in [0.4, 0.5) is 5.69 Å². The molecule has 8 heteroatoms. The summed E-state index contributed by atoms with van der Waals surface area (Å²) in [5, 5.41) is 16.1. The number of nitrogens with one attached hydrogen (secondary N) is 2. The molecular formula is C35H36N4O4. The summed E-state index contributed by atoms with van der Waals surface area (Å²) in [6.45, 7) is 1.86. The van der Waals surface area contributed by atoms with Gasteiger partial charge in [-0.25, -0.2) is 4.79 Å². The van der Waals surface area contributed by atoms with E-state index in [-0.39, 0.29) is 11.8 Å². The van der Waals surface area contributed by atoms with Crippen LogP contribution in [0, 0.1) is 6.92 Å². The van der Waals surface area contributed by atoms with Gasteiger partial charge in [0.1, 0.15) is 5.54 Å². The Kier molecular flexibility index (Phi) is 7.61. The van der Waals surface area contributed by atoms with Crippen LogP contribution in [0.25, 0.3) is 28.4 Å². The number of carboxylic acid groups (broad SMARTS) is 1. The van der Waals surface area contributed by atoms with Crippen LogP contribution in [-0.4, -0.2) is 38.0 Å². The van der Waals surface area contributed by atoms with Gasteiger partial charge >= 0.3 is 5.97 Å². The predicted molar refractivity (Wildman–Crippen MR) is 168 cm³/mol. The summed E-state index contributed by atoms with van der Waals surface area (Å²) in [4.78, 5) is 42.7. The minimum absolute atomic E-state index is 0.245. The zero-order valence-electron chi connectivity index (χ0n) is 24.5. The highest BCUT2D eigenvalue weighted by Gasteiger charge is 2.45. The minimum atomic E-state index is -1.02. The molecule has 43 heavy (non-hydrogen) atoms. The summed E-state index contributed by atoms with van der Waals surface area (Å²) >= 11 is 0. The number of anilines is 1. The zero-order chi connectivity index (χ0) is 30.1. The molecule has 220 valence electrons. The van der Waals surface area contributed by atoms with E-state index in [9.17, 15) is 14.4 Å². The van der Waals surface area contributed by atoms with Crippen LogP contribution in [0.3, 0.4) is 0 Å². The van der Waals surface area contributed by atoms with Gasteiger partial charge in [0, 0.05) is 41.5 Å². The van der Waals surface area contributed by atoms with Crippen molar-refractivity contribution in [1.29, 1.82) is 0 Å². The van der Waals surface area contributed by atoms with Crippen molar-refractivity contribution in [3.63, 3.8) is 0 Å². The van der Waals surface area contributed by atoms with Gasteiger partial charge in [-0.15, -0.1) is 0 Å². The number of aromatic nitrogens is 2. The number of nitrogens with zero attached hydrogens (tertiary/aromatic N) is 2. The summed E-state index contributed by atoms with van der Waals surface area (Å²) in [6, 6.07) is 17.2. The monoisotopic (exact) mass is 576 g/mol. The second-order valence-electron chi connectivity index (χ2n) is 11.8. The highest BCUT2D eigenvalue weighted by atomic mass is 16.4. The molecule has 0 spiro atoms. The molecule has 0 atom stereocenters. The van der Waals surface area contributed by atoms with E-state index in [0.717, 1.165) is 58.8 Å². The lowest BCUT2D eigenvalue weighted by atomic mass is 9.75. The van der Waals surface area contributed by atoms with Crippen molar-refractivity contribution in [2.75, 3.05) is 5.32 Å². The molecule has 2 aliphatic rings. The number of fused-ring (bicyclic) bond motifs is 1. The molecule has 2 amide bonds. The topological polar surface area (TPSA) is 113 Å². The van der Waals surface area contributed by atoms with Gasteiger partial charge in [0.15, 0.2) is 0 Å². The summed E-state index contributed by atoms with van der Waals surface area (Å²) < 4.78 is 2.16. The fourth-order valence-electron chi connectivity index (χ4n) is 6.62. The fourth-order valence-corrected chi connectivity index (χ4v) is 6.62. The average Bonchev–Trinajstić information content (AvgIpc) is 3.61. The van der Waals surface area contributed by atoms with Crippen molar-refractivity contribution < 1.29 is 19.5 Å². The number of carbonyl (C=O) groups is 3. The molecule has 8 nitrogen and oxygen atoms in total. The maximum Gasteiger partial charge on any atom is 0.328 e. The Morgan fingerprint density at radius 1 is 1.02 bits per heavy atom. The number of hydrogen-bond acceptors (Lipinski definition) is 4. The van der Waals surface area contributed by atoms with E-state index >= 15 is 0 Å². The van der Waals surface area contributed by atoms with Gasteiger partial charge in [-0.1, -0.05) is 31.0 Å². The van der Waals surface area contributed by atoms with E-state index in [4.69, 9.17) is 5.11 Å². The molecule has 2 aromatic carbocycles. The van der Waals surface area contributed by atoms with Gasteiger partial charge in [-0.2, -0.15) is 0 Å². The number of carboxylic acids is 1. The quantitative estimate of drug-likeness (QED) is 0.205. The lowest BCUT2D eigenvalue weighted by Crippen LogP contribution is -2.61. The molecule has 3 N–H and O–H groups in total. The fraction of sp³-hybridized carbons (Fsp3) is 0.314. The van der Waals surface area contributed by atoms with Gasteiger partial charge < -0.3 is 20.3 Å². The molecule has 2 saturated carbocycles. The average molecular weight is 577 g/mol. The SMILES string of the molecule is Cc1cc(/C=C/C(=O)O)ccc1NC(=O)C1(NC(=O)c2ccc3c(C4CCCC4)c(-c4ccccn4)n(C)c3c2)CCC1. The number of aryl methyl sites for hydroxylation is 2. The molecule has 6 rings (SSSR count). The Morgan fingerprint density at radius 3 is 2.47 bits per heavy atom. The second kappa shape index (κ2) is 11.5. The van der Waals surface area contributed by atoms with Crippen LogP contribution < -0.4 is 10.6 Å². The van der Waals surface area contributed by atoms with E-state index in [0.29, 0.717) is 30.0 Å². The summed E-state index contributed by atoms with van der Waals surface area (Å²) in [5.74, 6) is -1.07. The molecule has 0 unspecified atom stereocenters. The number of hydrogen-bond donors (Lipinski definition) is 3. The summed E-state index contributed by atoms with van der Waals surface area (Å²) in [5.41, 5.74) is 6.03. The van der Waals surface area contributed by atoms with E-state index in [2.05, 4.69) is 26.3 Å². The zero-order valence-corrected chi connectivity index (χ0v) is 24.5. The number of amides is 2.